The van der Waals surface area contributed by atoms with Crippen LogP contribution >= 0.6 is 0 Å². The Balaban J connectivity index is 2.06. The van der Waals surface area contributed by atoms with Crippen molar-refractivity contribution in [3.63, 3.8) is 0 Å². The molecule has 2 aromatic rings. The highest BCUT2D eigenvalue weighted by Gasteiger charge is 2.17. The summed E-state index contributed by atoms with van der Waals surface area (Å²) in [6, 6.07) is 6.97. The lowest BCUT2D eigenvalue weighted by Crippen LogP contribution is -2.27. The molecule has 0 aliphatic heterocycles. The van der Waals surface area contributed by atoms with Crippen LogP contribution in [0.4, 0.5) is 0 Å². The highest BCUT2D eigenvalue weighted by atomic mass is 32.2. The number of imidazole rings is 1. The van der Waals surface area contributed by atoms with Crippen molar-refractivity contribution in [2.75, 3.05) is 13.6 Å². The van der Waals surface area contributed by atoms with E-state index in [0.29, 0.717) is 24.4 Å². The summed E-state index contributed by atoms with van der Waals surface area (Å²) in [5.41, 5.74) is 0.750. The molecule has 0 aliphatic rings. The fraction of sp³-hybridized carbons (Fsp3) is 0.308. The average Bonchev–Trinajstić information content (AvgIpc) is 2.92. The molecule has 7 heteroatoms. The summed E-state index contributed by atoms with van der Waals surface area (Å²) in [6.45, 7) is 0.818. The van der Waals surface area contributed by atoms with E-state index in [1.807, 2.05) is 6.07 Å². The first-order valence-corrected chi connectivity index (χ1v) is 7.82. The van der Waals surface area contributed by atoms with E-state index in [1.54, 1.807) is 37.6 Å². The molecule has 0 atom stereocenters. The number of aromatic nitrogens is 2. The zero-order valence-corrected chi connectivity index (χ0v) is 12.1. The molecule has 3 N–H and O–H groups in total. The van der Waals surface area contributed by atoms with E-state index in [-0.39, 0.29) is 0 Å². The van der Waals surface area contributed by atoms with Crippen LogP contribution in [-0.4, -0.2) is 32.0 Å². The van der Waals surface area contributed by atoms with Gasteiger partial charge in [0, 0.05) is 31.9 Å². The van der Waals surface area contributed by atoms with Gasteiger partial charge in [-0.1, -0.05) is 18.2 Å². The topological polar surface area (TPSA) is 86.9 Å². The van der Waals surface area contributed by atoms with E-state index in [2.05, 4.69) is 20.0 Å². The van der Waals surface area contributed by atoms with Gasteiger partial charge in [-0.15, -0.1) is 0 Å². The van der Waals surface area contributed by atoms with E-state index in [1.165, 1.54) is 0 Å². The van der Waals surface area contributed by atoms with E-state index < -0.39 is 10.0 Å². The first-order valence-electron chi connectivity index (χ1n) is 6.34. The maximum Gasteiger partial charge on any atom is 0.240 e. The second-order valence-electron chi connectivity index (χ2n) is 4.32. The molecule has 6 nitrogen and oxygen atoms in total. The van der Waals surface area contributed by atoms with Gasteiger partial charge in [0.05, 0.1) is 4.90 Å². The van der Waals surface area contributed by atoms with Crippen LogP contribution < -0.4 is 10.0 Å². The van der Waals surface area contributed by atoms with Crippen LogP contribution in [0.25, 0.3) is 0 Å². The Kier molecular flexibility index (Phi) is 4.89. The van der Waals surface area contributed by atoms with Crippen LogP contribution in [0, 0.1) is 0 Å². The molecule has 0 saturated heterocycles. The molecule has 0 bridgehead atoms. The molecule has 0 fully saturated rings. The molecular formula is C13H18N4O2S. The number of rotatable bonds is 7. The highest BCUT2D eigenvalue weighted by molar-refractivity contribution is 7.89. The van der Waals surface area contributed by atoms with Crippen LogP contribution in [0.5, 0.6) is 0 Å². The van der Waals surface area contributed by atoms with Gasteiger partial charge >= 0.3 is 0 Å². The largest absolute Gasteiger partial charge is 0.349 e. The van der Waals surface area contributed by atoms with Crippen LogP contribution in [-0.2, 0) is 23.0 Å². The normalized spacial score (nSPS) is 11.7. The summed E-state index contributed by atoms with van der Waals surface area (Å²) in [5.74, 6) is 0.760. The minimum absolute atomic E-state index is 0.309. The number of H-pyrrole nitrogens is 1. The molecule has 0 saturated carbocycles. The molecule has 108 valence electrons. The van der Waals surface area contributed by atoms with Crippen molar-refractivity contribution in [1.29, 1.82) is 0 Å². The predicted molar refractivity (Wildman–Crippen MR) is 76.7 cm³/mol. The molecule has 0 amide bonds. The summed E-state index contributed by atoms with van der Waals surface area (Å²) in [6.07, 6.45) is 3.89. The molecular weight excluding hydrogens is 276 g/mol. The molecule has 0 aliphatic carbocycles. The molecule has 0 unspecified atom stereocenters. The summed E-state index contributed by atoms with van der Waals surface area (Å²) in [7, 11) is -1.71. The Bertz CT molecular complexity index is 638. The Morgan fingerprint density at radius 1 is 1.30 bits per heavy atom. The Labute approximate surface area is 118 Å². The van der Waals surface area contributed by atoms with Gasteiger partial charge in [-0.05, 0) is 18.7 Å². The zero-order valence-electron chi connectivity index (χ0n) is 11.3. The highest BCUT2D eigenvalue weighted by Crippen LogP contribution is 2.14. The molecule has 2 rings (SSSR count). The smallest absolute Gasteiger partial charge is 0.240 e. The fourth-order valence-electron chi connectivity index (χ4n) is 1.92. The fourth-order valence-corrected chi connectivity index (χ4v) is 3.19. The Morgan fingerprint density at radius 2 is 2.10 bits per heavy atom. The number of hydrogen-bond acceptors (Lipinski definition) is 4. The number of hydrogen-bond donors (Lipinski definition) is 3. The number of nitrogens with one attached hydrogen (secondary N) is 3. The molecule has 20 heavy (non-hydrogen) atoms. The number of aromatic amines is 1. The summed E-state index contributed by atoms with van der Waals surface area (Å²) >= 11 is 0. The second-order valence-corrected chi connectivity index (χ2v) is 6.06. The monoisotopic (exact) mass is 294 g/mol. The van der Waals surface area contributed by atoms with Crippen molar-refractivity contribution in [3.05, 3.63) is 48.0 Å². The first-order chi connectivity index (χ1) is 9.63. The minimum Gasteiger partial charge on any atom is -0.349 e. The SMILES string of the molecule is CNCc1ccccc1S(=O)(=O)NCCc1ncc[nH]1. The van der Waals surface area contributed by atoms with E-state index in [0.717, 1.165) is 11.4 Å². The van der Waals surface area contributed by atoms with Crippen molar-refractivity contribution in [2.24, 2.45) is 0 Å². The lowest BCUT2D eigenvalue weighted by atomic mass is 10.2. The number of sulfonamides is 1. The molecule has 1 heterocycles. The van der Waals surface area contributed by atoms with Crippen LogP contribution in [0.3, 0.4) is 0 Å². The van der Waals surface area contributed by atoms with Crippen molar-refractivity contribution in [2.45, 2.75) is 17.9 Å². The lowest BCUT2D eigenvalue weighted by Gasteiger charge is -2.10. The van der Waals surface area contributed by atoms with E-state index >= 15 is 0 Å². The van der Waals surface area contributed by atoms with Crippen molar-refractivity contribution >= 4 is 10.0 Å². The van der Waals surface area contributed by atoms with Gasteiger partial charge in [0.25, 0.3) is 0 Å². The van der Waals surface area contributed by atoms with Crippen LogP contribution in [0.1, 0.15) is 11.4 Å². The Hall–Kier alpha value is -1.70. The van der Waals surface area contributed by atoms with Crippen molar-refractivity contribution in [1.82, 2.24) is 20.0 Å². The maximum absolute atomic E-state index is 12.3. The third-order valence-electron chi connectivity index (χ3n) is 2.84. The molecule has 0 spiro atoms. The summed E-state index contributed by atoms with van der Waals surface area (Å²) in [5, 5.41) is 2.97. The molecule has 1 aromatic carbocycles. The third kappa shape index (κ3) is 3.66. The van der Waals surface area contributed by atoms with Gasteiger partial charge in [-0.3, -0.25) is 0 Å². The minimum atomic E-state index is -3.50. The first kappa shape index (κ1) is 14.7. The van der Waals surface area contributed by atoms with Gasteiger partial charge in [0.1, 0.15) is 5.82 Å². The van der Waals surface area contributed by atoms with Gasteiger partial charge in [-0.2, -0.15) is 0 Å². The number of benzene rings is 1. The third-order valence-corrected chi connectivity index (χ3v) is 4.40. The lowest BCUT2D eigenvalue weighted by molar-refractivity contribution is 0.579. The quantitative estimate of drug-likeness (QED) is 0.700. The van der Waals surface area contributed by atoms with Gasteiger partial charge in [0.2, 0.25) is 10.0 Å². The Morgan fingerprint density at radius 3 is 2.80 bits per heavy atom. The second kappa shape index (κ2) is 6.65. The van der Waals surface area contributed by atoms with Gasteiger partial charge in [-0.25, -0.2) is 18.1 Å². The zero-order chi connectivity index (χ0) is 14.4. The van der Waals surface area contributed by atoms with E-state index in [9.17, 15) is 8.42 Å². The van der Waals surface area contributed by atoms with Crippen molar-refractivity contribution < 1.29 is 8.42 Å². The standard InChI is InChI=1S/C13H18N4O2S/c1-14-10-11-4-2-3-5-12(11)20(18,19)17-7-6-13-15-8-9-16-13/h2-5,8-9,14,17H,6-7,10H2,1H3,(H,15,16). The number of nitrogens with zero attached hydrogens (tertiary/aromatic N) is 1. The van der Waals surface area contributed by atoms with Crippen molar-refractivity contribution in [3.8, 4) is 0 Å². The molecule has 1 aromatic heterocycles. The summed E-state index contributed by atoms with van der Waals surface area (Å²) < 4.78 is 27.2. The van der Waals surface area contributed by atoms with Crippen LogP contribution in [0.15, 0.2) is 41.6 Å². The maximum atomic E-state index is 12.3. The molecule has 0 radical (unpaired) electrons. The van der Waals surface area contributed by atoms with Crippen LogP contribution in [0.2, 0.25) is 0 Å². The average molecular weight is 294 g/mol. The van der Waals surface area contributed by atoms with E-state index in [4.69, 9.17) is 0 Å². The van der Waals surface area contributed by atoms with Gasteiger partial charge < -0.3 is 10.3 Å². The van der Waals surface area contributed by atoms with Gasteiger partial charge in [0.15, 0.2) is 0 Å². The summed E-state index contributed by atoms with van der Waals surface area (Å²) in [4.78, 5) is 7.31. The predicted octanol–water partition coefficient (Wildman–Crippen LogP) is 0.650.